The molecule has 23 heavy (non-hydrogen) atoms. The average molecular weight is 309 g/mol. The molecular formula is C19H19NO3. The number of hydrogen-bond donors (Lipinski definition) is 1. The van der Waals surface area contributed by atoms with Crippen molar-refractivity contribution in [2.75, 3.05) is 0 Å². The Hall–Kier alpha value is -2.88. The van der Waals surface area contributed by atoms with Crippen LogP contribution in [0.3, 0.4) is 0 Å². The van der Waals surface area contributed by atoms with Crippen LogP contribution in [-0.4, -0.2) is 12.2 Å². The van der Waals surface area contributed by atoms with Crippen molar-refractivity contribution in [2.45, 2.75) is 13.8 Å². The molecule has 4 heteroatoms. The summed E-state index contributed by atoms with van der Waals surface area (Å²) >= 11 is 0. The third-order valence-electron chi connectivity index (χ3n) is 2.99. The first-order chi connectivity index (χ1) is 11.1. The number of allylic oxidation sites excluding steroid dienone is 2. The Labute approximate surface area is 135 Å². The Morgan fingerprint density at radius 2 is 1.61 bits per heavy atom. The highest BCUT2D eigenvalue weighted by Crippen LogP contribution is 2.21. The first-order valence-corrected chi connectivity index (χ1v) is 7.40. The molecule has 2 aromatic rings. The van der Waals surface area contributed by atoms with Gasteiger partial charge in [-0.1, -0.05) is 38.1 Å². The highest BCUT2D eigenvalue weighted by molar-refractivity contribution is 5.98. The molecule has 0 spiro atoms. The van der Waals surface area contributed by atoms with E-state index in [0.717, 1.165) is 5.75 Å². The Morgan fingerprint density at radius 3 is 2.17 bits per heavy atom. The van der Waals surface area contributed by atoms with Gasteiger partial charge < -0.3 is 10.1 Å². The minimum Gasteiger partial charge on any atom is -0.457 e. The summed E-state index contributed by atoms with van der Waals surface area (Å²) in [7, 11) is 0. The van der Waals surface area contributed by atoms with E-state index >= 15 is 0 Å². The van der Waals surface area contributed by atoms with Crippen molar-refractivity contribution in [1.29, 1.82) is 0 Å². The maximum atomic E-state index is 12.1. The number of benzene rings is 2. The quantitative estimate of drug-likeness (QED) is 0.649. The molecule has 118 valence electrons. The molecule has 2 rings (SSSR count). The summed E-state index contributed by atoms with van der Waals surface area (Å²) in [5.41, 5.74) is 0.733. The minimum atomic E-state index is -0.324. The third-order valence-corrected chi connectivity index (χ3v) is 2.99. The van der Waals surface area contributed by atoms with Crippen LogP contribution in [-0.2, 0) is 4.79 Å². The molecule has 0 atom stereocenters. The second-order valence-electron chi connectivity index (χ2n) is 5.38. The van der Waals surface area contributed by atoms with E-state index in [1.54, 1.807) is 30.3 Å². The number of ether oxygens (including phenoxy) is 1. The number of rotatable bonds is 6. The molecule has 0 aliphatic carbocycles. The monoisotopic (exact) mass is 309 g/mol. The van der Waals surface area contributed by atoms with E-state index in [-0.39, 0.29) is 17.5 Å². The number of amides is 1. The fraction of sp³-hybridized carbons (Fsp3) is 0.158. The largest absolute Gasteiger partial charge is 0.457 e. The van der Waals surface area contributed by atoms with E-state index in [4.69, 9.17) is 4.74 Å². The zero-order chi connectivity index (χ0) is 16.7. The van der Waals surface area contributed by atoms with E-state index in [1.807, 2.05) is 44.2 Å². The summed E-state index contributed by atoms with van der Waals surface area (Å²) in [4.78, 5) is 23.1. The van der Waals surface area contributed by atoms with E-state index in [0.29, 0.717) is 17.6 Å². The van der Waals surface area contributed by atoms with Gasteiger partial charge in [0, 0.05) is 5.56 Å². The molecule has 0 aromatic heterocycles. The molecule has 0 bridgehead atoms. The van der Waals surface area contributed by atoms with Crippen LogP contribution in [0.5, 0.6) is 11.5 Å². The zero-order valence-corrected chi connectivity index (χ0v) is 13.2. The maximum absolute atomic E-state index is 12.1. The number of carbonyl (C=O) groups excluding carboxylic acids is 2. The van der Waals surface area contributed by atoms with E-state index in [1.165, 1.54) is 0 Å². The predicted molar refractivity (Wildman–Crippen MR) is 89.4 cm³/mol. The van der Waals surface area contributed by atoms with Gasteiger partial charge in [0.2, 0.25) is 0 Å². The van der Waals surface area contributed by atoms with Crippen LogP contribution in [0.1, 0.15) is 24.2 Å². The van der Waals surface area contributed by atoms with Crippen LogP contribution in [0.15, 0.2) is 66.4 Å². The highest BCUT2D eigenvalue weighted by atomic mass is 16.5. The first kappa shape index (κ1) is 16.5. The van der Waals surface area contributed by atoms with Crippen molar-refractivity contribution in [3.05, 3.63) is 71.9 Å². The molecule has 0 radical (unpaired) electrons. The first-order valence-electron chi connectivity index (χ1n) is 7.40. The highest BCUT2D eigenvalue weighted by Gasteiger charge is 2.08. The van der Waals surface area contributed by atoms with Crippen molar-refractivity contribution in [3.63, 3.8) is 0 Å². The van der Waals surface area contributed by atoms with Gasteiger partial charge in [0.25, 0.3) is 5.91 Å². The fourth-order valence-corrected chi connectivity index (χ4v) is 1.97. The van der Waals surface area contributed by atoms with Crippen LogP contribution in [0, 0.1) is 5.92 Å². The summed E-state index contributed by atoms with van der Waals surface area (Å²) in [6.45, 7) is 3.87. The van der Waals surface area contributed by atoms with Crippen molar-refractivity contribution in [3.8, 4) is 11.5 Å². The second kappa shape index (κ2) is 7.94. The summed E-state index contributed by atoms with van der Waals surface area (Å²) in [5, 5.41) is 2.60. The van der Waals surface area contributed by atoms with Gasteiger partial charge in [0.15, 0.2) is 6.29 Å². The van der Waals surface area contributed by atoms with Gasteiger partial charge >= 0.3 is 0 Å². The Morgan fingerprint density at radius 1 is 1.00 bits per heavy atom. The SMILES string of the molecule is CC(C)/C=C(\C=O)NC(=O)c1ccc(Oc2ccccc2)cc1. The molecule has 0 aliphatic heterocycles. The van der Waals surface area contributed by atoms with Crippen LogP contribution in [0.4, 0.5) is 0 Å². The summed E-state index contributed by atoms with van der Waals surface area (Å²) < 4.78 is 5.67. The molecule has 0 fully saturated rings. The lowest BCUT2D eigenvalue weighted by Gasteiger charge is -2.08. The summed E-state index contributed by atoms with van der Waals surface area (Å²) in [6.07, 6.45) is 2.35. The molecule has 4 nitrogen and oxygen atoms in total. The third kappa shape index (κ3) is 5.11. The van der Waals surface area contributed by atoms with Gasteiger partial charge in [-0.25, -0.2) is 0 Å². The van der Waals surface area contributed by atoms with Gasteiger partial charge in [-0.3, -0.25) is 9.59 Å². The van der Waals surface area contributed by atoms with E-state index in [2.05, 4.69) is 5.32 Å². The van der Waals surface area contributed by atoms with Gasteiger partial charge in [0.05, 0.1) is 5.70 Å². The van der Waals surface area contributed by atoms with E-state index < -0.39 is 0 Å². The number of hydrogen-bond acceptors (Lipinski definition) is 3. The van der Waals surface area contributed by atoms with Gasteiger partial charge in [-0.2, -0.15) is 0 Å². The zero-order valence-electron chi connectivity index (χ0n) is 13.2. The summed E-state index contributed by atoms with van der Waals surface area (Å²) in [6, 6.07) is 16.1. The van der Waals surface area contributed by atoms with Gasteiger partial charge in [0.1, 0.15) is 11.5 Å². The van der Waals surface area contributed by atoms with E-state index in [9.17, 15) is 9.59 Å². The number of aldehydes is 1. The van der Waals surface area contributed by atoms with Crippen molar-refractivity contribution >= 4 is 12.2 Å². The molecule has 0 saturated carbocycles. The smallest absolute Gasteiger partial charge is 0.255 e. The number of carbonyl (C=O) groups is 2. The normalized spacial score (nSPS) is 11.2. The van der Waals surface area contributed by atoms with Crippen LogP contribution in [0.25, 0.3) is 0 Å². The average Bonchev–Trinajstić information content (AvgIpc) is 2.55. The summed E-state index contributed by atoms with van der Waals surface area (Å²) in [5.74, 6) is 1.22. The fourth-order valence-electron chi connectivity index (χ4n) is 1.97. The molecule has 2 aromatic carbocycles. The Bertz CT molecular complexity index is 688. The lowest BCUT2D eigenvalue weighted by molar-refractivity contribution is -0.105. The molecule has 0 aliphatic rings. The van der Waals surface area contributed by atoms with Crippen molar-refractivity contribution in [2.24, 2.45) is 5.92 Å². The predicted octanol–water partition coefficient (Wildman–Crippen LogP) is 3.95. The topological polar surface area (TPSA) is 55.4 Å². The molecule has 0 heterocycles. The Balaban J connectivity index is 2.04. The van der Waals surface area contributed by atoms with Gasteiger partial charge in [-0.15, -0.1) is 0 Å². The van der Waals surface area contributed by atoms with Crippen LogP contribution in [0.2, 0.25) is 0 Å². The van der Waals surface area contributed by atoms with Crippen molar-refractivity contribution in [1.82, 2.24) is 5.32 Å². The lowest BCUT2D eigenvalue weighted by Crippen LogP contribution is -2.23. The minimum absolute atomic E-state index is 0.178. The van der Waals surface area contributed by atoms with Gasteiger partial charge in [-0.05, 0) is 42.3 Å². The van der Waals surface area contributed by atoms with Crippen LogP contribution >= 0.6 is 0 Å². The molecular weight excluding hydrogens is 290 g/mol. The second-order valence-corrected chi connectivity index (χ2v) is 5.38. The molecule has 0 saturated heterocycles. The molecule has 0 unspecified atom stereocenters. The van der Waals surface area contributed by atoms with Crippen molar-refractivity contribution < 1.29 is 14.3 Å². The Kier molecular flexibility index (Phi) is 5.69. The number of nitrogens with one attached hydrogen (secondary N) is 1. The molecule has 1 amide bonds. The van der Waals surface area contributed by atoms with Crippen LogP contribution < -0.4 is 10.1 Å². The maximum Gasteiger partial charge on any atom is 0.255 e. The standard InChI is InChI=1S/C19H19NO3/c1-14(2)12-16(13-21)20-19(22)15-8-10-18(11-9-15)23-17-6-4-3-5-7-17/h3-14H,1-2H3,(H,20,22)/b16-12+. The number of para-hydroxylation sites is 1. The lowest BCUT2D eigenvalue weighted by atomic mass is 10.1. The molecule has 1 N–H and O–H groups in total.